The van der Waals surface area contributed by atoms with E-state index in [1.807, 2.05) is 6.07 Å². The maximum Gasteiger partial charge on any atom is 0.293 e. The SMILES string of the molecule is COc1cc(/C=C2\SC(=O)N(Cc3cccc(Cl)c3)C2=O)ccc1OCc1ccccc1F. The molecule has 3 aromatic rings. The Morgan fingerprint density at radius 3 is 2.61 bits per heavy atom. The van der Waals surface area contributed by atoms with Gasteiger partial charge in [-0.05, 0) is 59.3 Å². The van der Waals surface area contributed by atoms with Crippen molar-refractivity contribution < 1.29 is 23.5 Å². The van der Waals surface area contributed by atoms with Gasteiger partial charge in [-0.3, -0.25) is 14.5 Å². The Hall–Kier alpha value is -3.29. The van der Waals surface area contributed by atoms with Crippen LogP contribution in [0.4, 0.5) is 9.18 Å². The van der Waals surface area contributed by atoms with E-state index in [0.717, 1.165) is 17.3 Å². The molecule has 1 heterocycles. The average Bonchev–Trinajstić information content (AvgIpc) is 3.06. The van der Waals surface area contributed by atoms with E-state index in [9.17, 15) is 14.0 Å². The molecule has 168 valence electrons. The van der Waals surface area contributed by atoms with Crippen LogP contribution in [0.15, 0.2) is 71.6 Å². The minimum Gasteiger partial charge on any atom is -0.493 e. The van der Waals surface area contributed by atoms with Crippen molar-refractivity contribution in [2.75, 3.05) is 7.11 Å². The van der Waals surface area contributed by atoms with E-state index in [2.05, 4.69) is 0 Å². The number of methoxy groups -OCH3 is 1. The molecule has 0 bridgehead atoms. The molecule has 0 aliphatic carbocycles. The van der Waals surface area contributed by atoms with Gasteiger partial charge in [0.15, 0.2) is 11.5 Å². The predicted octanol–water partition coefficient (Wildman–Crippen LogP) is 6.30. The van der Waals surface area contributed by atoms with Gasteiger partial charge in [0.05, 0.1) is 18.6 Å². The topological polar surface area (TPSA) is 55.8 Å². The fraction of sp³-hybridized carbons (Fsp3) is 0.120. The normalized spacial score (nSPS) is 14.8. The smallest absolute Gasteiger partial charge is 0.293 e. The van der Waals surface area contributed by atoms with E-state index in [1.54, 1.807) is 60.7 Å². The minimum absolute atomic E-state index is 0.0464. The highest BCUT2D eigenvalue weighted by Crippen LogP contribution is 2.35. The van der Waals surface area contributed by atoms with Gasteiger partial charge >= 0.3 is 0 Å². The lowest BCUT2D eigenvalue weighted by molar-refractivity contribution is -0.123. The number of imide groups is 1. The summed E-state index contributed by atoms with van der Waals surface area (Å²) in [7, 11) is 1.49. The lowest BCUT2D eigenvalue weighted by Gasteiger charge is -2.13. The van der Waals surface area contributed by atoms with Crippen molar-refractivity contribution in [3.05, 3.63) is 99.2 Å². The lowest BCUT2D eigenvalue weighted by atomic mass is 10.1. The number of carbonyl (C=O) groups is 2. The molecule has 8 heteroatoms. The Morgan fingerprint density at radius 2 is 1.85 bits per heavy atom. The third-order valence-electron chi connectivity index (χ3n) is 4.93. The maximum atomic E-state index is 13.8. The van der Waals surface area contributed by atoms with Crippen LogP contribution in [0.1, 0.15) is 16.7 Å². The molecule has 0 aromatic heterocycles. The third kappa shape index (κ3) is 5.38. The molecule has 0 radical (unpaired) electrons. The second-order valence-electron chi connectivity index (χ2n) is 7.19. The quantitative estimate of drug-likeness (QED) is 0.369. The van der Waals surface area contributed by atoms with Crippen molar-refractivity contribution in [2.24, 2.45) is 0 Å². The van der Waals surface area contributed by atoms with Gasteiger partial charge < -0.3 is 9.47 Å². The zero-order chi connectivity index (χ0) is 23.4. The summed E-state index contributed by atoms with van der Waals surface area (Å²) >= 11 is 6.88. The van der Waals surface area contributed by atoms with Crippen LogP contribution in [0.3, 0.4) is 0 Å². The molecule has 5 nitrogen and oxygen atoms in total. The van der Waals surface area contributed by atoms with Gasteiger partial charge in [-0.1, -0.05) is 48.0 Å². The first kappa shape index (κ1) is 22.9. The van der Waals surface area contributed by atoms with Crippen LogP contribution in [-0.4, -0.2) is 23.2 Å². The lowest BCUT2D eigenvalue weighted by Crippen LogP contribution is -2.27. The average molecular weight is 484 g/mol. The molecule has 3 aromatic carbocycles. The number of ether oxygens (including phenoxy) is 2. The zero-order valence-electron chi connectivity index (χ0n) is 17.6. The standard InChI is InChI=1S/C25H19ClFNO4S/c1-31-22-12-16(9-10-21(22)32-15-18-6-2-3-8-20(18)27)13-23-24(29)28(25(30)33-23)14-17-5-4-7-19(26)11-17/h2-13H,14-15H2,1H3/b23-13-. The van der Waals surface area contributed by atoms with Gasteiger partial charge in [-0.25, -0.2) is 4.39 Å². The number of benzene rings is 3. The second-order valence-corrected chi connectivity index (χ2v) is 8.62. The summed E-state index contributed by atoms with van der Waals surface area (Å²) in [4.78, 5) is 26.7. The minimum atomic E-state index is -0.371. The van der Waals surface area contributed by atoms with Gasteiger partial charge in [0, 0.05) is 10.6 Å². The Bertz CT molecular complexity index is 1250. The molecule has 1 aliphatic heterocycles. The molecular weight excluding hydrogens is 465 g/mol. The molecule has 1 aliphatic rings. The molecule has 33 heavy (non-hydrogen) atoms. The molecule has 1 fully saturated rings. The van der Waals surface area contributed by atoms with Crippen molar-refractivity contribution >= 4 is 40.6 Å². The number of rotatable bonds is 7. The molecule has 4 rings (SSSR count). The number of nitrogens with zero attached hydrogens (tertiary/aromatic N) is 1. The van der Waals surface area contributed by atoms with E-state index in [1.165, 1.54) is 18.1 Å². The number of halogens is 2. The number of hydrogen-bond acceptors (Lipinski definition) is 5. The van der Waals surface area contributed by atoms with Gasteiger partial charge in [-0.2, -0.15) is 0 Å². The molecule has 2 amide bonds. The van der Waals surface area contributed by atoms with Crippen molar-refractivity contribution in [3.63, 3.8) is 0 Å². The summed E-state index contributed by atoms with van der Waals surface area (Å²) in [5, 5.41) is 0.197. The highest BCUT2D eigenvalue weighted by molar-refractivity contribution is 8.18. The Labute approximate surface area is 199 Å². The Balaban J connectivity index is 1.49. The summed E-state index contributed by atoms with van der Waals surface area (Å²) < 4.78 is 25.0. The van der Waals surface area contributed by atoms with E-state index >= 15 is 0 Å². The van der Waals surface area contributed by atoms with Crippen molar-refractivity contribution in [2.45, 2.75) is 13.2 Å². The highest BCUT2D eigenvalue weighted by atomic mass is 35.5. The first-order valence-corrected chi connectivity index (χ1v) is 11.2. The summed E-state index contributed by atoms with van der Waals surface area (Å²) in [6.07, 6.45) is 1.63. The molecule has 0 saturated carbocycles. The van der Waals surface area contributed by atoms with Gasteiger partial charge in [0.2, 0.25) is 0 Å². The first-order chi connectivity index (χ1) is 15.9. The fourth-order valence-electron chi connectivity index (χ4n) is 3.27. The van der Waals surface area contributed by atoms with Crippen LogP contribution in [0, 0.1) is 5.82 Å². The van der Waals surface area contributed by atoms with Crippen LogP contribution < -0.4 is 9.47 Å². The molecule has 0 unspecified atom stereocenters. The van der Waals surface area contributed by atoms with Crippen molar-refractivity contribution in [1.82, 2.24) is 4.90 Å². The van der Waals surface area contributed by atoms with Crippen LogP contribution in [0.5, 0.6) is 11.5 Å². The third-order valence-corrected chi connectivity index (χ3v) is 6.07. The summed E-state index contributed by atoms with van der Waals surface area (Å²) in [5.74, 6) is 0.149. The zero-order valence-corrected chi connectivity index (χ0v) is 19.2. The van der Waals surface area contributed by atoms with E-state index < -0.39 is 0 Å². The van der Waals surface area contributed by atoms with E-state index in [0.29, 0.717) is 32.6 Å². The monoisotopic (exact) mass is 483 g/mol. The fourth-order valence-corrected chi connectivity index (χ4v) is 4.32. The highest BCUT2D eigenvalue weighted by Gasteiger charge is 2.35. The van der Waals surface area contributed by atoms with Crippen LogP contribution in [0.25, 0.3) is 6.08 Å². The molecule has 0 N–H and O–H groups in total. The molecule has 1 saturated heterocycles. The summed E-state index contributed by atoms with van der Waals surface area (Å²) in [6.45, 7) is 0.194. The molecule has 0 atom stereocenters. The Kier molecular flexibility index (Phi) is 7.01. The number of amides is 2. The largest absolute Gasteiger partial charge is 0.493 e. The van der Waals surface area contributed by atoms with Crippen LogP contribution >= 0.6 is 23.4 Å². The Morgan fingerprint density at radius 1 is 1.03 bits per heavy atom. The number of hydrogen-bond donors (Lipinski definition) is 0. The van der Waals surface area contributed by atoms with Gasteiger partial charge in [0.25, 0.3) is 11.1 Å². The van der Waals surface area contributed by atoms with Gasteiger partial charge in [0.1, 0.15) is 12.4 Å². The predicted molar refractivity (Wildman–Crippen MR) is 127 cm³/mol. The van der Waals surface area contributed by atoms with Crippen LogP contribution in [-0.2, 0) is 17.9 Å². The van der Waals surface area contributed by atoms with Gasteiger partial charge in [-0.15, -0.1) is 0 Å². The number of carbonyl (C=O) groups excluding carboxylic acids is 2. The van der Waals surface area contributed by atoms with Crippen molar-refractivity contribution in [1.29, 1.82) is 0 Å². The first-order valence-electron chi connectivity index (χ1n) is 9.98. The molecular formula is C25H19ClFNO4S. The summed E-state index contributed by atoms with van der Waals surface area (Å²) in [5.41, 5.74) is 1.86. The van der Waals surface area contributed by atoms with E-state index in [4.69, 9.17) is 21.1 Å². The summed E-state index contributed by atoms with van der Waals surface area (Å²) in [6, 6.07) is 18.5. The molecule has 0 spiro atoms. The second kappa shape index (κ2) is 10.1. The van der Waals surface area contributed by atoms with Crippen LogP contribution in [0.2, 0.25) is 5.02 Å². The van der Waals surface area contributed by atoms with Crippen molar-refractivity contribution in [3.8, 4) is 11.5 Å². The van der Waals surface area contributed by atoms with E-state index in [-0.39, 0.29) is 30.1 Å². The maximum absolute atomic E-state index is 13.8. The number of thioether (sulfide) groups is 1.